The maximum atomic E-state index is 10.4. The van der Waals surface area contributed by atoms with E-state index in [9.17, 15) is 4.79 Å². The summed E-state index contributed by atoms with van der Waals surface area (Å²) in [5, 5.41) is 11.1. The minimum atomic E-state index is -0.937. The first-order chi connectivity index (χ1) is 5.52. The smallest absolute Gasteiger partial charge is 0.405 e. The number of nitrogens with one attached hydrogen (secondary N) is 1. The van der Waals surface area contributed by atoms with Gasteiger partial charge in [-0.1, -0.05) is 0 Å². The lowest BCUT2D eigenvalue weighted by Gasteiger charge is -2.35. The Labute approximate surface area is 72.1 Å². The molecule has 0 spiro atoms. The Morgan fingerprint density at radius 3 is 2.50 bits per heavy atom. The fourth-order valence-corrected chi connectivity index (χ4v) is 1.66. The molecule has 70 valence electrons. The van der Waals surface area contributed by atoms with Gasteiger partial charge in [0.05, 0.1) is 0 Å². The van der Waals surface area contributed by atoms with Gasteiger partial charge in [0, 0.05) is 11.6 Å². The molecule has 4 nitrogen and oxygen atoms in total. The van der Waals surface area contributed by atoms with E-state index in [2.05, 4.69) is 5.32 Å². The number of rotatable bonds is 1. The lowest BCUT2D eigenvalue weighted by molar-refractivity contribution is 0.165. The Morgan fingerprint density at radius 2 is 2.08 bits per heavy atom. The summed E-state index contributed by atoms with van der Waals surface area (Å²) in [6.07, 6.45) is 2.59. The van der Waals surface area contributed by atoms with Crippen LogP contribution in [0.25, 0.3) is 0 Å². The molecule has 0 aromatic heterocycles. The van der Waals surface area contributed by atoms with Gasteiger partial charge in [0.2, 0.25) is 0 Å². The fourth-order valence-electron chi connectivity index (χ4n) is 1.66. The van der Waals surface area contributed by atoms with E-state index in [0.29, 0.717) is 0 Å². The molecule has 1 fully saturated rings. The lowest BCUT2D eigenvalue weighted by Crippen LogP contribution is -2.49. The molecule has 1 rings (SSSR count). The van der Waals surface area contributed by atoms with Crippen molar-refractivity contribution in [3.63, 3.8) is 0 Å². The molecule has 1 amide bonds. The van der Waals surface area contributed by atoms with E-state index in [1.165, 1.54) is 0 Å². The predicted octanol–water partition coefficient (Wildman–Crippen LogP) is 0.914. The second-order valence-electron chi connectivity index (χ2n) is 3.83. The third-order valence-corrected chi connectivity index (χ3v) is 2.54. The van der Waals surface area contributed by atoms with E-state index in [1.807, 2.05) is 6.92 Å². The van der Waals surface area contributed by atoms with Crippen molar-refractivity contribution in [2.75, 3.05) is 0 Å². The van der Waals surface area contributed by atoms with Gasteiger partial charge in [-0.15, -0.1) is 0 Å². The maximum Gasteiger partial charge on any atom is 0.405 e. The largest absolute Gasteiger partial charge is 0.465 e. The number of hydrogen-bond acceptors (Lipinski definition) is 2. The SMILES string of the molecule is C[C@]1(NC(=O)O)CC[C@H](N)CC1. The van der Waals surface area contributed by atoms with Gasteiger partial charge in [-0.25, -0.2) is 4.79 Å². The highest BCUT2D eigenvalue weighted by Gasteiger charge is 2.30. The quantitative estimate of drug-likeness (QED) is 0.550. The van der Waals surface area contributed by atoms with Crippen molar-refractivity contribution in [2.45, 2.75) is 44.2 Å². The monoisotopic (exact) mass is 172 g/mol. The van der Waals surface area contributed by atoms with E-state index in [-0.39, 0.29) is 11.6 Å². The summed E-state index contributed by atoms with van der Waals surface area (Å²) in [6, 6.07) is 0.258. The van der Waals surface area contributed by atoms with Crippen molar-refractivity contribution < 1.29 is 9.90 Å². The van der Waals surface area contributed by atoms with Crippen molar-refractivity contribution >= 4 is 6.09 Å². The highest BCUT2D eigenvalue weighted by molar-refractivity contribution is 5.65. The van der Waals surface area contributed by atoms with Crippen molar-refractivity contribution in [1.82, 2.24) is 5.32 Å². The highest BCUT2D eigenvalue weighted by Crippen LogP contribution is 2.26. The normalized spacial score (nSPS) is 36.0. The van der Waals surface area contributed by atoms with Crippen LogP contribution in [0.3, 0.4) is 0 Å². The zero-order valence-electron chi connectivity index (χ0n) is 7.34. The van der Waals surface area contributed by atoms with E-state index in [0.717, 1.165) is 25.7 Å². The van der Waals surface area contributed by atoms with E-state index in [1.54, 1.807) is 0 Å². The van der Waals surface area contributed by atoms with Gasteiger partial charge < -0.3 is 16.2 Å². The van der Waals surface area contributed by atoms with Crippen LogP contribution in [0.4, 0.5) is 4.79 Å². The molecule has 0 unspecified atom stereocenters. The van der Waals surface area contributed by atoms with Gasteiger partial charge in [0.15, 0.2) is 0 Å². The molecule has 0 atom stereocenters. The van der Waals surface area contributed by atoms with Crippen molar-refractivity contribution in [1.29, 1.82) is 0 Å². The molecule has 4 heteroatoms. The van der Waals surface area contributed by atoms with Gasteiger partial charge in [-0.2, -0.15) is 0 Å². The summed E-state index contributed by atoms with van der Waals surface area (Å²) in [7, 11) is 0. The molecule has 0 heterocycles. The van der Waals surface area contributed by atoms with Crippen LogP contribution in [0.5, 0.6) is 0 Å². The molecule has 0 bridgehead atoms. The second kappa shape index (κ2) is 3.31. The van der Waals surface area contributed by atoms with Gasteiger partial charge in [-0.3, -0.25) is 0 Å². The highest BCUT2D eigenvalue weighted by atomic mass is 16.4. The van der Waals surface area contributed by atoms with Crippen LogP contribution >= 0.6 is 0 Å². The molecule has 1 saturated carbocycles. The average molecular weight is 172 g/mol. The summed E-state index contributed by atoms with van der Waals surface area (Å²) in [6.45, 7) is 1.94. The summed E-state index contributed by atoms with van der Waals surface area (Å²) in [5.41, 5.74) is 5.46. The van der Waals surface area contributed by atoms with Crippen LogP contribution in [0, 0.1) is 0 Å². The van der Waals surface area contributed by atoms with Gasteiger partial charge >= 0.3 is 6.09 Å². The minimum absolute atomic E-state index is 0.248. The first kappa shape index (κ1) is 9.32. The van der Waals surface area contributed by atoms with Crippen LogP contribution in [0.1, 0.15) is 32.6 Å². The second-order valence-corrected chi connectivity index (χ2v) is 3.83. The molecule has 12 heavy (non-hydrogen) atoms. The molecule has 1 aliphatic carbocycles. The van der Waals surface area contributed by atoms with E-state index < -0.39 is 6.09 Å². The van der Waals surface area contributed by atoms with E-state index >= 15 is 0 Å². The number of hydrogen-bond donors (Lipinski definition) is 3. The molecule has 0 aliphatic heterocycles. The van der Waals surface area contributed by atoms with Crippen LogP contribution < -0.4 is 11.1 Å². The number of nitrogens with two attached hydrogens (primary N) is 1. The Kier molecular flexibility index (Phi) is 2.57. The Hall–Kier alpha value is -0.770. The van der Waals surface area contributed by atoms with Gasteiger partial charge in [0.25, 0.3) is 0 Å². The van der Waals surface area contributed by atoms with Crippen LogP contribution in [0.15, 0.2) is 0 Å². The third kappa shape index (κ3) is 2.37. The molecule has 0 aromatic carbocycles. The Bertz CT molecular complexity index is 174. The van der Waals surface area contributed by atoms with Gasteiger partial charge in [0.1, 0.15) is 0 Å². The van der Waals surface area contributed by atoms with Crippen molar-refractivity contribution in [3.8, 4) is 0 Å². The summed E-state index contributed by atoms with van der Waals surface area (Å²) in [4.78, 5) is 10.4. The Balaban J connectivity index is 2.44. The maximum absolute atomic E-state index is 10.4. The summed E-state index contributed by atoms with van der Waals surface area (Å²) >= 11 is 0. The van der Waals surface area contributed by atoms with Crippen molar-refractivity contribution in [3.05, 3.63) is 0 Å². The predicted molar refractivity (Wildman–Crippen MR) is 46.0 cm³/mol. The molecule has 0 radical (unpaired) electrons. The van der Waals surface area contributed by atoms with Crippen LogP contribution in [0.2, 0.25) is 0 Å². The molecule has 4 N–H and O–H groups in total. The van der Waals surface area contributed by atoms with E-state index in [4.69, 9.17) is 10.8 Å². The number of carbonyl (C=O) groups is 1. The van der Waals surface area contributed by atoms with Crippen LogP contribution in [-0.4, -0.2) is 22.8 Å². The zero-order chi connectivity index (χ0) is 9.19. The van der Waals surface area contributed by atoms with Crippen LogP contribution in [-0.2, 0) is 0 Å². The molecular formula is C8H16N2O2. The molecule has 0 saturated heterocycles. The lowest BCUT2D eigenvalue weighted by atomic mass is 9.81. The molecular weight excluding hydrogens is 156 g/mol. The summed E-state index contributed by atoms with van der Waals surface area (Å²) < 4.78 is 0. The number of amides is 1. The Morgan fingerprint density at radius 1 is 1.58 bits per heavy atom. The topological polar surface area (TPSA) is 75.3 Å². The van der Waals surface area contributed by atoms with Gasteiger partial charge in [-0.05, 0) is 32.6 Å². The first-order valence-electron chi connectivity index (χ1n) is 4.28. The first-order valence-corrected chi connectivity index (χ1v) is 4.28. The standard InChI is InChI=1S/C8H16N2O2/c1-8(10-7(11)12)4-2-6(9)3-5-8/h6,10H,2-5,9H2,1H3,(H,11,12)/t6-,8-. The molecule has 0 aromatic rings. The minimum Gasteiger partial charge on any atom is -0.465 e. The summed E-state index contributed by atoms with van der Waals surface area (Å²) in [5.74, 6) is 0. The number of carboxylic acid groups (broad SMARTS) is 1. The zero-order valence-corrected chi connectivity index (χ0v) is 7.34. The van der Waals surface area contributed by atoms with Crippen molar-refractivity contribution in [2.24, 2.45) is 5.73 Å². The molecule has 1 aliphatic rings. The third-order valence-electron chi connectivity index (χ3n) is 2.54. The fraction of sp³-hybridized carbons (Fsp3) is 0.875. The average Bonchev–Trinajstić information content (AvgIpc) is 1.94.